The van der Waals surface area contributed by atoms with Crippen LogP contribution in [0.2, 0.25) is 0 Å². The lowest BCUT2D eigenvalue weighted by atomic mass is 10.0. The Labute approximate surface area is 106 Å². The first-order valence-corrected chi connectivity index (χ1v) is 7.02. The van der Waals surface area contributed by atoms with Crippen molar-refractivity contribution in [1.82, 2.24) is 0 Å². The molecule has 1 rings (SSSR count). The van der Waals surface area contributed by atoms with Crippen molar-refractivity contribution in [2.45, 2.75) is 5.92 Å². The van der Waals surface area contributed by atoms with Crippen LogP contribution in [0.4, 0.5) is 0 Å². The Balaban J connectivity index is 2.82. The van der Waals surface area contributed by atoms with Gasteiger partial charge in [0.05, 0.1) is 24.8 Å². The number of benzene rings is 1. The summed E-state index contributed by atoms with van der Waals surface area (Å²) in [5, 5.41) is 9.00. The quantitative estimate of drug-likeness (QED) is 0.739. The van der Waals surface area contributed by atoms with E-state index < -0.39 is 27.5 Å². The van der Waals surface area contributed by atoms with Crippen LogP contribution in [-0.4, -0.2) is 33.0 Å². The zero-order chi connectivity index (χ0) is 13.6. The molecule has 1 atom stereocenters. The van der Waals surface area contributed by atoms with E-state index in [2.05, 4.69) is 4.74 Å². The van der Waals surface area contributed by atoms with Crippen LogP contribution in [0.5, 0.6) is 0 Å². The fourth-order valence-corrected chi connectivity index (χ4v) is 2.81. The monoisotopic (exact) mass is 267 g/mol. The van der Waals surface area contributed by atoms with Crippen LogP contribution in [0.1, 0.15) is 11.5 Å². The van der Waals surface area contributed by atoms with Gasteiger partial charge < -0.3 is 4.74 Å². The van der Waals surface area contributed by atoms with Gasteiger partial charge in [-0.3, -0.25) is 4.79 Å². The van der Waals surface area contributed by atoms with E-state index in [4.69, 9.17) is 5.26 Å². The van der Waals surface area contributed by atoms with Gasteiger partial charge in [0.1, 0.15) is 5.75 Å². The van der Waals surface area contributed by atoms with Crippen molar-refractivity contribution in [2.24, 2.45) is 0 Å². The Bertz CT molecular complexity index is 545. The number of hydrogen-bond acceptors (Lipinski definition) is 5. The summed E-state index contributed by atoms with van der Waals surface area (Å²) in [5.74, 6) is -2.68. The minimum absolute atomic E-state index is 0.386. The van der Waals surface area contributed by atoms with Crippen molar-refractivity contribution in [1.29, 1.82) is 5.26 Å². The van der Waals surface area contributed by atoms with Crippen molar-refractivity contribution in [3.63, 3.8) is 0 Å². The number of carbonyl (C=O) groups excluding carboxylic acids is 1. The van der Waals surface area contributed by atoms with Crippen LogP contribution in [0, 0.1) is 11.3 Å². The van der Waals surface area contributed by atoms with E-state index in [1.54, 1.807) is 30.3 Å². The molecule has 1 aromatic rings. The lowest BCUT2D eigenvalue weighted by Gasteiger charge is -2.09. The first-order valence-electron chi connectivity index (χ1n) is 5.20. The van der Waals surface area contributed by atoms with Gasteiger partial charge in [-0.15, -0.1) is 0 Å². The van der Waals surface area contributed by atoms with Crippen molar-refractivity contribution < 1.29 is 17.9 Å². The topological polar surface area (TPSA) is 84.2 Å². The summed E-state index contributed by atoms with van der Waals surface area (Å²) in [5.41, 5.74) is 0.619. The highest BCUT2D eigenvalue weighted by atomic mass is 32.2. The first-order chi connectivity index (χ1) is 8.48. The SMILES string of the molecule is COC(=O)CS(=O)(=O)CC(C#N)c1ccccc1. The summed E-state index contributed by atoms with van der Waals surface area (Å²) in [6.45, 7) is 0. The van der Waals surface area contributed by atoms with Crippen molar-refractivity contribution in [3.05, 3.63) is 35.9 Å². The molecule has 1 unspecified atom stereocenters. The molecule has 6 heteroatoms. The zero-order valence-electron chi connectivity index (χ0n) is 9.87. The van der Waals surface area contributed by atoms with Gasteiger partial charge in [-0.2, -0.15) is 5.26 Å². The predicted molar refractivity (Wildman–Crippen MR) is 65.5 cm³/mol. The number of nitrogens with zero attached hydrogens (tertiary/aromatic N) is 1. The molecule has 96 valence electrons. The molecule has 0 aliphatic heterocycles. The molecule has 5 nitrogen and oxygen atoms in total. The second kappa shape index (κ2) is 6.17. The molecule has 0 saturated carbocycles. The van der Waals surface area contributed by atoms with Crippen LogP contribution < -0.4 is 0 Å². The number of rotatable bonds is 5. The lowest BCUT2D eigenvalue weighted by Crippen LogP contribution is -2.23. The Morgan fingerprint density at radius 2 is 2.00 bits per heavy atom. The minimum atomic E-state index is -3.65. The molecular formula is C12H13NO4S. The molecule has 0 aliphatic rings. The Kier molecular flexibility index (Phi) is 4.86. The van der Waals surface area contributed by atoms with Gasteiger partial charge >= 0.3 is 5.97 Å². The summed E-state index contributed by atoms with van der Waals surface area (Å²) < 4.78 is 27.7. The van der Waals surface area contributed by atoms with Gasteiger partial charge in [0.15, 0.2) is 9.84 Å². The smallest absolute Gasteiger partial charge is 0.320 e. The average Bonchev–Trinajstić information content (AvgIpc) is 2.36. The average molecular weight is 267 g/mol. The van der Waals surface area contributed by atoms with Crippen molar-refractivity contribution in [3.8, 4) is 6.07 Å². The molecule has 0 radical (unpaired) electrons. The molecule has 0 aromatic heterocycles. The summed E-state index contributed by atoms with van der Waals surface area (Å²) in [6.07, 6.45) is 0. The summed E-state index contributed by atoms with van der Waals surface area (Å²) in [4.78, 5) is 10.9. The van der Waals surface area contributed by atoms with Crippen molar-refractivity contribution >= 4 is 15.8 Å². The third-order valence-electron chi connectivity index (χ3n) is 2.34. The molecule has 0 amide bonds. The van der Waals surface area contributed by atoms with E-state index in [-0.39, 0.29) is 5.75 Å². The number of hydrogen-bond donors (Lipinski definition) is 0. The molecule has 0 fully saturated rings. The summed E-state index contributed by atoms with van der Waals surface area (Å²) >= 11 is 0. The third-order valence-corrected chi connectivity index (χ3v) is 3.86. The number of esters is 1. The van der Waals surface area contributed by atoms with E-state index in [9.17, 15) is 13.2 Å². The number of sulfone groups is 1. The fraction of sp³-hybridized carbons (Fsp3) is 0.333. The number of nitriles is 1. The van der Waals surface area contributed by atoms with E-state index in [0.717, 1.165) is 7.11 Å². The molecular weight excluding hydrogens is 254 g/mol. The van der Waals surface area contributed by atoms with E-state index in [0.29, 0.717) is 5.56 Å². The van der Waals surface area contributed by atoms with E-state index in [1.165, 1.54) is 0 Å². The maximum Gasteiger partial charge on any atom is 0.320 e. The first kappa shape index (κ1) is 14.2. The summed E-state index contributed by atoms with van der Waals surface area (Å²) in [7, 11) is -2.53. The number of methoxy groups -OCH3 is 1. The van der Waals surface area contributed by atoms with Gasteiger partial charge in [0, 0.05) is 0 Å². The maximum atomic E-state index is 11.7. The second-order valence-corrected chi connectivity index (χ2v) is 5.83. The molecule has 0 heterocycles. The molecule has 0 saturated heterocycles. The maximum absolute atomic E-state index is 11.7. The van der Waals surface area contributed by atoms with Crippen LogP contribution in [0.3, 0.4) is 0 Å². The summed E-state index contributed by atoms with van der Waals surface area (Å²) in [6, 6.07) is 10.5. The number of ether oxygens (including phenoxy) is 1. The predicted octanol–water partition coefficient (Wildman–Crippen LogP) is 0.882. The molecule has 18 heavy (non-hydrogen) atoms. The van der Waals surface area contributed by atoms with Gasteiger partial charge in [-0.25, -0.2) is 8.42 Å². The highest BCUT2D eigenvalue weighted by molar-refractivity contribution is 7.92. The number of carbonyl (C=O) groups is 1. The van der Waals surface area contributed by atoms with Gasteiger partial charge in [0.2, 0.25) is 0 Å². The Hall–Kier alpha value is -1.87. The van der Waals surface area contributed by atoms with Crippen molar-refractivity contribution in [2.75, 3.05) is 18.6 Å². The van der Waals surface area contributed by atoms with E-state index >= 15 is 0 Å². The molecule has 0 spiro atoms. The zero-order valence-corrected chi connectivity index (χ0v) is 10.7. The largest absolute Gasteiger partial charge is 0.468 e. The van der Waals surface area contributed by atoms with Crippen LogP contribution >= 0.6 is 0 Å². The Morgan fingerprint density at radius 3 is 2.50 bits per heavy atom. The van der Waals surface area contributed by atoms with Gasteiger partial charge in [0.25, 0.3) is 0 Å². The normalized spacial score (nSPS) is 12.4. The highest BCUT2D eigenvalue weighted by Gasteiger charge is 2.23. The standard InChI is InChI=1S/C12H13NO4S/c1-17-12(14)9-18(15,16)8-11(7-13)10-5-3-2-4-6-10/h2-6,11H,8-9H2,1H3. The third kappa shape index (κ3) is 4.18. The second-order valence-electron chi connectivity index (χ2n) is 3.72. The van der Waals surface area contributed by atoms with Crippen LogP contribution in [0.15, 0.2) is 30.3 Å². The van der Waals surface area contributed by atoms with Crippen LogP contribution in [-0.2, 0) is 19.4 Å². The van der Waals surface area contributed by atoms with Crippen LogP contribution in [0.25, 0.3) is 0 Å². The van der Waals surface area contributed by atoms with E-state index in [1.807, 2.05) is 6.07 Å². The molecule has 1 aromatic carbocycles. The molecule has 0 bridgehead atoms. The minimum Gasteiger partial charge on any atom is -0.468 e. The van der Waals surface area contributed by atoms with Gasteiger partial charge in [-0.1, -0.05) is 30.3 Å². The lowest BCUT2D eigenvalue weighted by molar-refractivity contribution is -0.137. The highest BCUT2D eigenvalue weighted by Crippen LogP contribution is 2.17. The molecule has 0 N–H and O–H groups in total. The van der Waals surface area contributed by atoms with Gasteiger partial charge in [-0.05, 0) is 5.56 Å². The Morgan fingerprint density at radius 1 is 1.39 bits per heavy atom. The molecule has 0 aliphatic carbocycles. The fourth-order valence-electron chi connectivity index (χ4n) is 1.44.